The molecular formula is C20H24N2O4S. The maximum absolute atomic E-state index is 13.0. The third-order valence-corrected chi connectivity index (χ3v) is 6.55. The largest absolute Gasteiger partial charge is 0.506 e. The van der Waals surface area contributed by atoms with Crippen LogP contribution in [-0.4, -0.2) is 36.8 Å². The Balaban J connectivity index is 1.84. The summed E-state index contributed by atoms with van der Waals surface area (Å²) in [6.07, 6.45) is 1.01. The molecule has 7 heteroatoms. The number of benzene rings is 2. The van der Waals surface area contributed by atoms with Crippen molar-refractivity contribution in [2.75, 3.05) is 18.4 Å². The number of rotatable bonds is 4. The number of nitrogens with one attached hydrogen (secondary N) is 1. The third kappa shape index (κ3) is 4.31. The highest BCUT2D eigenvalue weighted by molar-refractivity contribution is 7.89. The van der Waals surface area contributed by atoms with E-state index in [1.807, 2.05) is 13.8 Å². The van der Waals surface area contributed by atoms with Crippen LogP contribution in [0.3, 0.4) is 0 Å². The molecular weight excluding hydrogens is 364 g/mol. The molecule has 0 aromatic heterocycles. The van der Waals surface area contributed by atoms with Crippen LogP contribution in [0.15, 0.2) is 53.4 Å². The number of amides is 1. The van der Waals surface area contributed by atoms with Gasteiger partial charge < -0.3 is 10.4 Å². The average molecular weight is 388 g/mol. The SMILES string of the molecule is C[C@@H]1C[C@H](C)CN(S(=O)(=O)c2cccc(C(=O)Nc3ccccc3O)c2)C1. The smallest absolute Gasteiger partial charge is 0.255 e. The number of phenols is 1. The van der Waals surface area contributed by atoms with E-state index >= 15 is 0 Å². The molecule has 1 aliphatic rings. The molecule has 1 aliphatic heterocycles. The number of aromatic hydroxyl groups is 1. The molecule has 1 amide bonds. The third-order valence-electron chi connectivity index (χ3n) is 4.72. The maximum atomic E-state index is 13.0. The lowest BCUT2D eigenvalue weighted by molar-refractivity contribution is 0.102. The van der Waals surface area contributed by atoms with E-state index in [9.17, 15) is 18.3 Å². The molecule has 2 N–H and O–H groups in total. The van der Waals surface area contributed by atoms with Gasteiger partial charge in [0.1, 0.15) is 5.75 Å². The van der Waals surface area contributed by atoms with Crippen molar-refractivity contribution in [1.29, 1.82) is 0 Å². The van der Waals surface area contributed by atoms with Gasteiger partial charge >= 0.3 is 0 Å². The fourth-order valence-corrected chi connectivity index (χ4v) is 5.25. The average Bonchev–Trinajstić information content (AvgIpc) is 2.63. The molecule has 0 unspecified atom stereocenters. The number of phenolic OH excluding ortho intramolecular Hbond substituents is 1. The van der Waals surface area contributed by atoms with Crippen LogP contribution in [0.4, 0.5) is 5.69 Å². The van der Waals surface area contributed by atoms with Crippen LogP contribution in [0.25, 0.3) is 0 Å². The molecule has 1 saturated heterocycles. The number of hydrogen-bond acceptors (Lipinski definition) is 4. The van der Waals surface area contributed by atoms with Crippen LogP contribution in [0.1, 0.15) is 30.6 Å². The summed E-state index contributed by atoms with van der Waals surface area (Å²) in [6, 6.07) is 12.4. The zero-order valence-corrected chi connectivity index (χ0v) is 16.2. The van der Waals surface area contributed by atoms with Gasteiger partial charge in [-0.15, -0.1) is 0 Å². The monoisotopic (exact) mass is 388 g/mol. The molecule has 3 rings (SSSR count). The minimum atomic E-state index is -3.66. The summed E-state index contributed by atoms with van der Waals surface area (Å²) in [4.78, 5) is 12.6. The Hall–Kier alpha value is -2.38. The van der Waals surface area contributed by atoms with Crippen LogP contribution < -0.4 is 5.32 Å². The van der Waals surface area contributed by atoms with Crippen molar-refractivity contribution in [2.45, 2.75) is 25.2 Å². The van der Waals surface area contributed by atoms with Gasteiger partial charge in [0, 0.05) is 18.7 Å². The number of sulfonamides is 1. The summed E-state index contributed by atoms with van der Waals surface area (Å²) in [7, 11) is -3.66. The first-order valence-corrected chi connectivity index (χ1v) is 10.4. The molecule has 2 aromatic rings. The molecule has 27 heavy (non-hydrogen) atoms. The summed E-state index contributed by atoms with van der Waals surface area (Å²) >= 11 is 0. The van der Waals surface area contributed by atoms with Crippen LogP contribution in [-0.2, 0) is 10.0 Å². The van der Waals surface area contributed by atoms with Gasteiger partial charge in [0.15, 0.2) is 0 Å². The van der Waals surface area contributed by atoms with E-state index in [0.29, 0.717) is 24.9 Å². The highest BCUT2D eigenvalue weighted by Gasteiger charge is 2.32. The van der Waals surface area contributed by atoms with E-state index in [4.69, 9.17) is 0 Å². The molecule has 0 saturated carbocycles. The Labute approximate surface area is 159 Å². The van der Waals surface area contributed by atoms with Gasteiger partial charge in [-0.1, -0.05) is 32.0 Å². The van der Waals surface area contributed by atoms with Crippen molar-refractivity contribution in [3.05, 3.63) is 54.1 Å². The van der Waals surface area contributed by atoms with Crippen molar-refractivity contribution in [3.8, 4) is 5.75 Å². The number of anilines is 1. The van der Waals surface area contributed by atoms with Gasteiger partial charge in [-0.05, 0) is 48.6 Å². The highest BCUT2D eigenvalue weighted by atomic mass is 32.2. The number of para-hydroxylation sites is 2. The summed E-state index contributed by atoms with van der Waals surface area (Å²) in [5, 5.41) is 12.4. The van der Waals surface area contributed by atoms with Crippen LogP contribution in [0.2, 0.25) is 0 Å². The van der Waals surface area contributed by atoms with E-state index in [-0.39, 0.29) is 21.9 Å². The Morgan fingerprint density at radius 3 is 2.41 bits per heavy atom. The predicted octanol–water partition coefficient (Wildman–Crippen LogP) is 3.31. The van der Waals surface area contributed by atoms with E-state index in [0.717, 1.165) is 6.42 Å². The number of piperidine rings is 1. The van der Waals surface area contributed by atoms with Crippen molar-refractivity contribution in [3.63, 3.8) is 0 Å². The van der Waals surface area contributed by atoms with E-state index in [1.54, 1.807) is 30.3 Å². The zero-order chi connectivity index (χ0) is 19.6. The highest BCUT2D eigenvalue weighted by Crippen LogP contribution is 2.27. The van der Waals surface area contributed by atoms with E-state index in [1.165, 1.54) is 22.5 Å². The van der Waals surface area contributed by atoms with Gasteiger partial charge in [-0.25, -0.2) is 8.42 Å². The Morgan fingerprint density at radius 2 is 1.74 bits per heavy atom. The molecule has 2 aromatic carbocycles. The maximum Gasteiger partial charge on any atom is 0.255 e. The Bertz CT molecular complexity index is 933. The molecule has 0 aliphatic carbocycles. The van der Waals surface area contributed by atoms with Crippen LogP contribution >= 0.6 is 0 Å². The summed E-state index contributed by atoms with van der Waals surface area (Å²) in [5.41, 5.74) is 0.492. The van der Waals surface area contributed by atoms with Gasteiger partial charge in [0.05, 0.1) is 10.6 Å². The first-order valence-electron chi connectivity index (χ1n) is 8.97. The fourth-order valence-electron chi connectivity index (χ4n) is 3.52. The van der Waals surface area contributed by atoms with Crippen molar-refractivity contribution < 1.29 is 18.3 Å². The second kappa shape index (κ2) is 7.70. The topological polar surface area (TPSA) is 86.7 Å². The standard InChI is InChI=1S/C20H24N2O4S/c1-14-10-15(2)13-22(12-14)27(25,26)17-7-5-6-16(11-17)20(24)21-18-8-3-4-9-19(18)23/h3-9,11,14-15,23H,10,12-13H2,1-2H3,(H,21,24)/t14-,15+. The zero-order valence-electron chi connectivity index (χ0n) is 15.4. The molecule has 0 bridgehead atoms. The number of carbonyl (C=O) groups is 1. The summed E-state index contributed by atoms with van der Waals surface area (Å²) < 4.78 is 27.5. The molecule has 2 atom stereocenters. The van der Waals surface area contributed by atoms with Crippen LogP contribution in [0.5, 0.6) is 5.75 Å². The molecule has 0 radical (unpaired) electrons. The number of hydrogen-bond donors (Lipinski definition) is 2. The molecule has 144 valence electrons. The van der Waals surface area contributed by atoms with Gasteiger partial charge in [0.2, 0.25) is 10.0 Å². The van der Waals surface area contributed by atoms with Crippen molar-refractivity contribution in [2.24, 2.45) is 11.8 Å². The number of carbonyl (C=O) groups excluding carboxylic acids is 1. The lowest BCUT2D eigenvalue weighted by Gasteiger charge is -2.34. The molecule has 6 nitrogen and oxygen atoms in total. The van der Waals surface area contributed by atoms with Crippen LogP contribution in [0, 0.1) is 11.8 Å². The molecule has 1 fully saturated rings. The second-order valence-electron chi connectivity index (χ2n) is 7.27. The Kier molecular flexibility index (Phi) is 5.53. The first kappa shape index (κ1) is 19.4. The fraction of sp³-hybridized carbons (Fsp3) is 0.350. The van der Waals surface area contributed by atoms with Crippen molar-refractivity contribution >= 4 is 21.6 Å². The first-order chi connectivity index (χ1) is 12.8. The lowest BCUT2D eigenvalue weighted by Crippen LogP contribution is -2.42. The second-order valence-corrected chi connectivity index (χ2v) is 9.21. The van der Waals surface area contributed by atoms with Crippen molar-refractivity contribution in [1.82, 2.24) is 4.31 Å². The quantitative estimate of drug-likeness (QED) is 0.787. The van der Waals surface area contributed by atoms with Gasteiger partial charge in [-0.2, -0.15) is 4.31 Å². The predicted molar refractivity (Wildman–Crippen MR) is 104 cm³/mol. The minimum absolute atomic E-state index is 0.0501. The van der Waals surface area contributed by atoms with Gasteiger partial charge in [-0.3, -0.25) is 4.79 Å². The lowest BCUT2D eigenvalue weighted by atomic mass is 9.94. The molecule has 0 spiro atoms. The van der Waals surface area contributed by atoms with Gasteiger partial charge in [0.25, 0.3) is 5.91 Å². The van der Waals surface area contributed by atoms with E-state index < -0.39 is 15.9 Å². The molecule has 1 heterocycles. The number of nitrogens with zero attached hydrogens (tertiary/aromatic N) is 1. The Morgan fingerprint density at radius 1 is 1.07 bits per heavy atom. The minimum Gasteiger partial charge on any atom is -0.506 e. The van der Waals surface area contributed by atoms with E-state index in [2.05, 4.69) is 5.32 Å². The normalized spacial score (nSPS) is 21.0. The summed E-state index contributed by atoms with van der Waals surface area (Å²) in [6.45, 7) is 5.07. The summed E-state index contributed by atoms with van der Waals surface area (Å²) in [5.74, 6) is 0.0759.